The summed E-state index contributed by atoms with van der Waals surface area (Å²) in [6, 6.07) is 9.90. The lowest BCUT2D eigenvalue weighted by Gasteiger charge is -2.04. The highest BCUT2D eigenvalue weighted by Gasteiger charge is 2.10. The number of aromatic nitrogens is 4. The van der Waals surface area contributed by atoms with Crippen LogP contribution in [0.4, 0.5) is 0 Å². The molecule has 0 saturated carbocycles. The third kappa shape index (κ3) is 2.39. The van der Waals surface area contributed by atoms with E-state index in [9.17, 15) is 0 Å². The second kappa shape index (κ2) is 5.21. The van der Waals surface area contributed by atoms with Crippen LogP contribution >= 0.6 is 11.6 Å². The topological polar surface area (TPSA) is 43.6 Å². The van der Waals surface area contributed by atoms with Crippen molar-refractivity contribution < 1.29 is 0 Å². The molecule has 0 aliphatic rings. The fourth-order valence-electron chi connectivity index (χ4n) is 2.28. The fraction of sp³-hybridized carbons (Fsp3) is 0.267. The standard InChI is InChI=1S/C15H15ClN4/c1-3-14-17-10(8-13(16)19-14)9-15-18-11-6-4-5-7-12(11)20(15)2/h4-8H,3,9H2,1-2H3. The van der Waals surface area contributed by atoms with E-state index >= 15 is 0 Å². The Labute approximate surface area is 122 Å². The molecule has 0 radical (unpaired) electrons. The Morgan fingerprint density at radius 2 is 1.95 bits per heavy atom. The molecule has 3 rings (SSSR count). The molecule has 20 heavy (non-hydrogen) atoms. The van der Waals surface area contributed by atoms with Crippen LogP contribution in [0.3, 0.4) is 0 Å². The Morgan fingerprint density at radius 3 is 2.70 bits per heavy atom. The predicted octanol–water partition coefficient (Wildman–Crippen LogP) is 3.17. The zero-order valence-corrected chi connectivity index (χ0v) is 12.2. The number of halogens is 1. The quantitative estimate of drug-likeness (QED) is 0.695. The molecule has 0 aliphatic carbocycles. The van der Waals surface area contributed by atoms with E-state index in [1.54, 1.807) is 6.07 Å². The smallest absolute Gasteiger partial charge is 0.133 e. The number of fused-ring (bicyclic) bond motifs is 1. The van der Waals surface area contributed by atoms with Crippen LogP contribution in [-0.2, 0) is 19.9 Å². The van der Waals surface area contributed by atoms with Crippen molar-refractivity contribution in [2.24, 2.45) is 7.05 Å². The average molecular weight is 287 g/mol. The molecule has 1 aromatic carbocycles. The number of hydrogen-bond donors (Lipinski definition) is 0. The summed E-state index contributed by atoms with van der Waals surface area (Å²) in [7, 11) is 2.02. The van der Waals surface area contributed by atoms with Crippen molar-refractivity contribution in [1.29, 1.82) is 0 Å². The molecular weight excluding hydrogens is 272 g/mol. The van der Waals surface area contributed by atoms with Gasteiger partial charge in [0.25, 0.3) is 0 Å². The highest BCUT2D eigenvalue weighted by atomic mass is 35.5. The summed E-state index contributed by atoms with van der Waals surface area (Å²) in [5.41, 5.74) is 3.03. The monoisotopic (exact) mass is 286 g/mol. The number of nitrogens with zero attached hydrogens (tertiary/aromatic N) is 4. The van der Waals surface area contributed by atoms with E-state index in [0.29, 0.717) is 11.6 Å². The van der Waals surface area contributed by atoms with E-state index in [1.165, 1.54) is 0 Å². The maximum atomic E-state index is 6.04. The van der Waals surface area contributed by atoms with E-state index in [-0.39, 0.29) is 0 Å². The first-order valence-electron chi connectivity index (χ1n) is 6.60. The van der Waals surface area contributed by atoms with Crippen molar-refractivity contribution in [3.8, 4) is 0 Å². The lowest BCUT2D eigenvalue weighted by molar-refractivity contribution is 0.815. The molecule has 0 N–H and O–H groups in total. The number of benzene rings is 1. The van der Waals surface area contributed by atoms with Crippen LogP contribution in [0.2, 0.25) is 5.15 Å². The predicted molar refractivity (Wildman–Crippen MR) is 79.9 cm³/mol. The lowest BCUT2D eigenvalue weighted by atomic mass is 10.2. The van der Waals surface area contributed by atoms with Crippen LogP contribution in [0.1, 0.15) is 24.3 Å². The van der Waals surface area contributed by atoms with Gasteiger partial charge in [-0.15, -0.1) is 0 Å². The minimum atomic E-state index is 0.491. The molecular formula is C15H15ClN4. The zero-order valence-electron chi connectivity index (χ0n) is 11.5. The number of aryl methyl sites for hydroxylation is 2. The van der Waals surface area contributed by atoms with Gasteiger partial charge < -0.3 is 4.57 Å². The van der Waals surface area contributed by atoms with E-state index in [4.69, 9.17) is 11.6 Å². The van der Waals surface area contributed by atoms with Gasteiger partial charge in [0.1, 0.15) is 16.8 Å². The SMILES string of the molecule is CCc1nc(Cl)cc(Cc2nc3ccccc3n2C)n1. The fourth-order valence-corrected chi connectivity index (χ4v) is 2.50. The van der Waals surface area contributed by atoms with Crippen LogP contribution in [-0.4, -0.2) is 19.5 Å². The Kier molecular flexibility index (Phi) is 3.40. The minimum absolute atomic E-state index is 0.491. The van der Waals surface area contributed by atoms with Crippen molar-refractivity contribution in [2.75, 3.05) is 0 Å². The molecule has 3 aromatic rings. The zero-order chi connectivity index (χ0) is 14.1. The molecule has 5 heteroatoms. The lowest BCUT2D eigenvalue weighted by Crippen LogP contribution is -2.04. The number of rotatable bonds is 3. The van der Waals surface area contributed by atoms with Crippen molar-refractivity contribution in [2.45, 2.75) is 19.8 Å². The molecule has 0 amide bonds. The number of para-hydroxylation sites is 2. The average Bonchev–Trinajstić information content (AvgIpc) is 2.75. The second-order valence-corrected chi connectivity index (χ2v) is 5.09. The molecule has 2 aromatic heterocycles. The Balaban J connectivity index is 2.01. The van der Waals surface area contributed by atoms with Crippen molar-refractivity contribution in [3.05, 3.63) is 52.8 Å². The van der Waals surface area contributed by atoms with Gasteiger partial charge in [0, 0.05) is 19.9 Å². The summed E-state index contributed by atoms with van der Waals surface area (Å²) in [6.07, 6.45) is 1.43. The molecule has 4 nitrogen and oxygen atoms in total. The molecule has 0 saturated heterocycles. The van der Waals surface area contributed by atoms with Crippen LogP contribution in [0, 0.1) is 0 Å². The molecule has 0 atom stereocenters. The van der Waals surface area contributed by atoms with Gasteiger partial charge in [-0.05, 0) is 18.2 Å². The van der Waals surface area contributed by atoms with Gasteiger partial charge in [-0.2, -0.15) is 0 Å². The summed E-state index contributed by atoms with van der Waals surface area (Å²) < 4.78 is 2.09. The van der Waals surface area contributed by atoms with Gasteiger partial charge in [-0.3, -0.25) is 0 Å². The van der Waals surface area contributed by atoms with Gasteiger partial charge in [0.05, 0.1) is 16.7 Å². The highest BCUT2D eigenvalue weighted by molar-refractivity contribution is 6.29. The van der Waals surface area contributed by atoms with E-state index < -0.39 is 0 Å². The number of hydrogen-bond acceptors (Lipinski definition) is 3. The largest absolute Gasteiger partial charge is 0.331 e. The molecule has 0 aliphatic heterocycles. The minimum Gasteiger partial charge on any atom is -0.331 e. The number of imidazole rings is 1. The summed E-state index contributed by atoms with van der Waals surface area (Å²) >= 11 is 6.04. The van der Waals surface area contributed by atoms with Gasteiger partial charge >= 0.3 is 0 Å². The molecule has 102 valence electrons. The maximum absolute atomic E-state index is 6.04. The van der Waals surface area contributed by atoms with Crippen molar-refractivity contribution in [3.63, 3.8) is 0 Å². The van der Waals surface area contributed by atoms with Crippen molar-refractivity contribution >= 4 is 22.6 Å². The first kappa shape index (κ1) is 13.1. The summed E-state index contributed by atoms with van der Waals surface area (Å²) in [5, 5.41) is 0.491. The first-order chi connectivity index (χ1) is 9.67. The second-order valence-electron chi connectivity index (χ2n) is 4.70. The summed E-state index contributed by atoms with van der Waals surface area (Å²) in [6.45, 7) is 2.02. The highest BCUT2D eigenvalue weighted by Crippen LogP contribution is 2.17. The maximum Gasteiger partial charge on any atom is 0.133 e. The van der Waals surface area contributed by atoms with E-state index in [1.807, 2.05) is 32.2 Å². The Hall–Kier alpha value is -1.94. The molecule has 2 heterocycles. The van der Waals surface area contributed by atoms with Crippen molar-refractivity contribution in [1.82, 2.24) is 19.5 Å². The molecule has 0 spiro atoms. The third-order valence-electron chi connectivity index (χ3n) is 3.33. The van der Waals surface area contributed by atoms with Gasteiger partial charge in [-0.1, -0.05) is 30.7 Å². The normalized spacial score (nSPS) is 11.2. The van der Waals surface area contributed by atoms with E-state index in [2.05, 4.69) is 25.6 Å². The van der Waals surface area contributed by atoms with Gasteiger partial charge in [0.2, 0.25) is 0 Å². The molecule has 0 fully saturated rings. The summed E-state index contributed by atoms with van der Waals surface area (Å²) in [5.74, 6) is 1.74. The summed E-state index contributed by atoms with van der Waals surface area (Å²) in [4.78, 5) is 13.3. The third-order valence-corrected chi connectivity index (χ3v) is 3.52. The molecule has 0 unspecified atom stereocenters. The Bertz CT molecular complexity index is 764. The van der Waals surface area contributed by atoms with Crippen LogP contribution in [0.25, 0.3) is 11.0 Å². The first-order valence-corrected chi connectivity index (χ1v) is 6.98. The van der Waals surface area contributed by atoms with Gasteiger partial charge in [-0.25, -0.2) is 15.0 Å². The van der Waals surface area contributed by atoms with Crippen LogP contribution < -0.4 is 0 Å². The van der Waals surface area contributed by atoms with Crippen LogP contribution in [0.5, 0.6) is 0 Å². The Morgan fingerprint density at radius 1 is 1.15 bits per heavy atom. The van der Waals surface area contributed by atoms with E-state index in [0.717, 1.165) is 34.8 Å². The molecule has 0 bridgehead atoms. The van der Waals surface area contributed by atoms with Crippen LogP contribution in [0.15, 0.2) is 30.3 Å². The van der Waals surface area contributed by atoms with Gasteiger partial charge in [0.15, 0.2) is 0 Å².